The molecule has 0 atom stereocenters. The molecule has 88 valence electrons. The third kappa shape index (κ3) is 4.12. The number of rotatable bonds is 5. The first kappa shape index (κ1) is 12.9. The number of carbonyl (C=O) groups is 1. The Bertz CT molecular complexity index is 398. The number of aryl methyl sites for hydroxylation is 1. The highest BCUT2D eigenvalue weighted by molar-refractivity contribution is 7.09. The lowest BCUT2D eigenvalue weighted by Crippen LogP contribution is -2.18. The maximum atomic E-state index is 10.6. The number of likely N-dealkylation sites (N-methyl/N-ethyl adjacent to an activating group) is 1. The Kier molecular flexibility index (Phi) is 4.64. The molecule has 0 aliphatic carbocycles. The van der Waals surface area contributed by atoms with Crippen LogP contribution in [-0.2, 0) is 11.3 Å². The molecular formula is C11H16N2O2S. The van der Waals surface area contributed by atoms with E-state index in [9.17, 15) is 4.79 Å². The number of thiazole rings is 1. The van der Waals surface area contributed by atoms with Gasteiger partial charge in [-0.1, -0.05) is 6.08 Å². The first-order chi connectivity index (χ1) is 7.49. The Balaban J connectivity index is 2.45. The maximum absolute atomic E-state index is 10.6. The van der Waals surface area contributed by atoms with Crippen molar-refractivity contribution in [3.8, 4) is 0 Å². The van der Waals surface area contributed by atoms with Crippen molar-refractivity contribution >= 4 is 17.3 Å². The molecule has 16 heavy (non-hydrogen) atoms. The summed E-state index contributed by atoms with van der Waals surface area (Å²) in [5.41, 5.74) is 1.41. The molecule has 1 aromatic heterocycles. The second-order valence-electron chi connectivity index (χ2n) is 3.75. The second kappa shape index (κ2) is 5.77. The highest BCUT2D eigenvalue weighted by Crippen LogP contribution is 2.09. The Hall–Kier alpha value is -1.20. The topological polar surface area (TPSA) is 53.4 Å². The van der Waals surface area contributed by atoms with Gasteiger partial charge in [-0.3, -0.25) is 4.90 Å². The average Bonchev–Trinajstić information content (AvgIpc) is 2.60. The highest BCUT2D eigenvalue weighted by Gasteiger charge is 2.04. The first-order valence-corrected chi connectivity index (χ1v) is 5.86. The Morgan fingerprint density at radius 3 is 2.88 bits per heavy atom. The predicted octanol–water partition coefficient (Wildman–Crippen LogP) is 1.91. The largest absolute Gasteiger partial charge is 0.478 e. The minimum atomic E-state index is -0.863. The molecule has 5 heteroatoms. The molecule has 1 N–H and O–H groups in total. The van der Waals surface area contributed by atoms with Gasteiger partial charge in [0.2, 0.25) is 0 Å². The number of nitrogens with zero attached hydrogens (tertiary/aromatic N) is 2. The van der Waals surface area contributed by atoms with Crippen LogP contribution in [0.2, 0.25) is 0 Å². The second-order valence-corrected chi connectivity index (χ2v) is 4.81. The predicted molar refractivity (Wildman–Crippen MR) is 64.6 cm³/mol. The van der Waals surface area contributed by atoms with Crippen molar-refractivity contribution in [3.63, 3.8) is 0 Å². The SMILES string of the molecule is CC(=CCN(C)Cc1csc(C)n1)C(=O)O. The van der Waals surface area contributed by atoms with Crippen LogP contribution in [0.3, 0.4) is 0 Å². The van der Waals surface area contributed by atoms with Gasteiger partial charge < -0.3 is 5.11 Å². The maximum Gasteiger partial charge on any atom is 0.330 e. The summed E-state index contributed by atoms with van der Waals surface area (Å²) in [6.45, 7) is 4.94. The molecule has 1 rings (SSSR count). The molecule has 0 aromatic carbocycles. The number of aliphatic carboxylic acids is 1. The molecule has 0 bridgehead atoms. The molecule has 0 spiro atoms. The summed E-state index contributed by atoms with van der Waals surface area (Å²) in [7, 11) is 1.94. The molecule has 0 aliphatic rings. The lowest BCUT2D eigenvalue weighted by molar-refractivity contribution is -0.132. The molecule has 0 amide bonds. The molecule has 0 unspecified atom stereocenters. The molecule has 0 saturated carbocycles. The summed E-state index contributed by atoms with van der Waals surface area (Å²) in [4.78, 5) is 17.0. The van der Waals surface area contributed by atoms with Crippen LogP contribution in [0, 0.1) is 6.92 Å². The quantitative estimate of drug-likeness (QED) is 0.799. The summed E-state index contributed by atoms with van der Waals surface area (Å²) in [6.07, 6.45) is 1.71. The van der Waals surface area contributed by atoms with Gasteiger partial charge in [-0.25, -0.2) is 9.78 Å². The smallest absolute Gasteiger partial charge is 0.330 e. The van der Waals surface area contributed by atoms with Crippen LogP contribution in [0.15, 0.2) is 17.0 Å². The van der Waals surface area contributed by atoms with Crippen LogP contribution in [0.4, 0.5) is 0 Å². The Morgan fingerprint density at radius 1 is 1.69 bits per heavy atom. The lowest BCUT2D eigenvalue weighted by Gasteiger charge is -2.12. The van der Waals surface area contributed by atoms with Gasteiger partial charge in [0.05, 0.1) is 10.7 Å². The van der Waals surface area contributed by atoms with Crippen molar-refractivity contribution in [1.29, 1.82) is 0 Å². The third-order valence-electron chi connectivity index (χ3n) is 2.14. The van der Waals surface area contributed by atoms with Crippen LogP contribution in [-0.4, -0.2) is 34.6 Å². The van der Waals surface area contributed by atoms with Gasteiger partial charge in [-0.2, -0.15) is 0 Å². The molecule has 4 nitrogen and oxygen atoms in total. The minimum absolute atomic E-state index is 0.376. The van der Waals surface area contributed by atoms with Crippen molar-refractivity contribution in [2.24, 2.45) is 0 Å². The summed E-state index contributed by atoms with van der Waals surface area (Å²) < 4.78 is 0. The van der Waals surface area contributed by atoms with E-state index < -0.39 is 5.97 Å². The molecule has 0 fully saturated rings. The van der Waals surface area contributed by atoms with Crippen molar-refractivity contribution in [1.82, 2.24) is 9.88 Å². The van der Waals surface area contributed by atoms with Crippen LogP contribution in [0.1, 0.15) is 17.6 Å². The fourth-order valence-corrected chi connectivity index (χ4v) is 1.81. The van der Waals surface area contributed by atoms with Gasteiger partial charge in [0, 0.05) is 24.0 Å². The van der Waals surface area contributed by atoms with E-state index in [0.29, 0.717) is 12.1 Å². The summed E-state index contributed by atoms with van der Waals surface area (Å²) >= 11 is 1.63. The number of carboxylic acid groups (broad SMARTS) is 1. The zero-order chi connectivity index (χ0) is 12.1. The average molecular weight is 240 g/mol. The summed E-state index contributed by atoms with van der Waals surface area (Å²) in [6, 6.07) is 0. The molecule has 1 aromatic rings. The monoisotopic (exact) mass is 240 g/mol. The van der Waals surface area contributed by atoms with E-state index >= 15 is 0 Å². The standard InChI is InChI=1S/C11H16N2O2S/c1-8(11(14)15)4-5-13(3)6-10-7-16-9(2)12-10/h4,7H,5-6H2,1-3H3,(H,14,15). The van der Waals surface area contributed by atoms with E-state index in [1.165, 1.54) is 0 Å². The van der Waals surface area contributed by atoms with Gasteiger partial charge in [-0.05, 0) is 20.9 Å². The van der Waals surface area contributed by atoms with Crippen molar-refractivity contribution < 1.29 is 9.90 Å². The number of carboxylic acids is 1. The van der Waals surface area contributed by atoms with Crippen LogP contribution >= 0.6 is 11.3 Å². The van der Waals surface area contributed by atoms with E-state index in [4.69, 9.17) is 5.11 Å². The molecule has 0 radical (unpaired) electrons. The van der Waals surface area contributed by atoms with Crippen LogP contribution < -0.4 is 0 Å². The fraction of sp³-hybridized carbons (Fsp3) is 0.455. The van der Waals surface area contributed by atoms with Gasteiger partial charge in [-0.15, -0.1) is 11.3 Å². The van der Waals surface area contributed by atoms with E-state index in [1.807, 2.05) is 24.3 Å². The van der Waals surface area contributed by atoms with Crippen LogP contribution in [0.5, 0.6) is 0 Å². The van der Waals surface area contributed by atoms with Crippen LogP contribution in [0.25, 0.3) is 0 Å². The lowest BCUT2D eigenvalue weighted by atomic mass is 10.3. The van der Waals surface area contributed by atoms with Crippen molar-refractivity contribution in [2.45, 2.75) is 20.4 Å². The Morgan fingerprint density at radius 2 is 2.38 bits per heavy atom. The van der Waals surface area contributed by atoms with Crippen molar-refractivity contribution in [3.05, 3.63) is 27.7 Å². The first-order valence-electron chi connectivity index (χ1n) is 4.98. The van der Waals surface area contributed by atoms with Gasteiger partial charge >= 0.3 is 5.97 Å². The Labute approximate surface area is 99.2 Å². The van der Waals surface area contributed by atoms with E-state index in [-0.39, 0.29) is 0 Å². The van der Waals surface area contributed by atoms with Gasteiger partial charge in [0.25, 0.3) is 0 Å². The summed E-state index contributed by atoms with van der Waals surface area (Å²) in [5, 5.41) is 11.8. The molecule has 1 heterocycles. The van der Waals surface area contributed by atoms with E-state index in [2.05, 4.69) is 4.98 Å². The van der Waals surface area contributed by atoms with Crippen molar-refractivity contribution in [2.75, 3.05) is 13.6 Å². The van der Waals surface area contributed by atoms with E-state index in [0.717, 1.165) is 17.2 Å². The van der Waals surface area contributed by atoms with E-state index in [1.54, 1.807) is 24.3 Å². The molecule has 0 saturated heterocycles. The minimum Gasteiger partial charge on any atom is -0.478 e. The zero-order valence-corrected chi connectivity index (χ0v) is 10.5. The summed E-state index contributed by atoms with van der Waals surface area (Å²) in [5.74, 6) is -0.863. The number of hydrogen-bond donors (Lipinski definition) is 1. The third-order valence-corrected chi connectivity index (χ3v) is 2.97. The van der Waals surface area contributed by atoms with Gasteiger partial charge in [0.1, 0.15) is 0 Å². The fourth-order valence-electron chi connectivity index (χ4n) is 1.20. The number of aromatic nitrogens is 1. The number of hydrogen-bond acceptors (Lipinski definition) is 4. The molecule has 0 aliphatic heterocycles. The normalized spacial score (nSPS) is 12.1. The van der Waals surface area contributed by atoms with Gasteiger partial charge in [0.15, 0.2) is 0 Å². The highest BCUT2D eigenvalue weighted by atomic mass is 32.1. The molecular weight excluding hydrogens is 224 g/mol. The zero-order valence-electron chi connectivity index (χ0n) is 9.73.